The Balaban J connectivity index is 1.85. The van der Waals surface area contributed by atoms with E-state index in [0.717, 1.165) is 11.1 Å². The van der Waals surface area contributed by atoms with Gasteiger partial charge in [-0.2, -0.15) is 10.5 Å². The fourth-order valence-electron chi connectivity index (χ4n) is 2.21. The second-order valence-corrected chi connectivity index (χ2v) is 5.27. The van der Waals surface area contributed by atoms with Gasteiger partial charge in [0.15, 0.2) is 23.0 Å². The van der Waals surface area contributed by atoms with Crippen molar-refractivity contribution < 1.29 is 0 Å². The third-order valence-corrected chi connectivity index (χ3v) is 3.47. The maximum absolute atomic E-state index is 9.19. The van der Waals surface area contributed by atoms with Crippen LogP contribution in [0.5, 0.6) is 0 Å². The van der Waals surface area contributed by atoms with Crippen LogP contribution in [0.2, 0.25) is 0 Å². The maximum Gasteiger partial charge on any atom is 0.179 e. The summed E-state index contributed by atoms with van der Waals surface area (Å²) in [5, 5.41) is 24.7. The van der Waals surface area contributed by atoms with Crippen LogP contribution in [0, 0.1) is 22.7 Å². The topological polar surface area (TPSA) is 123 Å². The molecule has 26 heavy (non-hydrogen) atoms. The molecule has 0 aliphatic carbocycles. The molecule has 3 heterocycles. The van der Waals surface area contributed by atoms with Gasteiger partial charge in [0.25, 0.3) is 0 Å². The third kappa shape index (κ3) is 4.08. The summed E-state index contributed by atoms with van der Waals surface area (Å²) in [6, 6.07) is 11.3. The molecule has 0 aliphatic heterocycles. The number of nitrogens with zero attached hydrogens (tertiary/aromatic N) is 6. The Kier molecular flexibility index (Phi) is 5.28. The monoisotopic (exact) mass is 342 g/mol. The fourth-order valence-corrected chi connectivity index (χ4v) is 2.21. The molecule has 3 rings (SSSR count). The van der Waals surface area contributed by atoms with Gasteiger partial charge < -0.3 is 10.6 Å². The Hall–Kier alpha value is -4.04. The van der Waals surface area contributed by atoms with Crippen LogP contribution in [0.3, 0.4) is 0 Å². The molecule has 0 spiro atoms. The van der Waals surface area contributed by atoms with Gasteiger partial charge in [-0.05, 0) is 23.3 Å². The Morgan fingerprint density at radius 1 is 0.769 bits per heavy atom. The summed E-state index contributed by atoms with van der Waals surface area (Å²) in [5.41, 5.74) is 1.87. The Morgan fingerprint density at radius 3 is 1.58 bits per heavy atom. The highest BCUT2D eigenvalue weighted by Gasteiger charge is 2.13. The van der Waals surface area contributed by atoms with Gasteiger partial charge in [0.05, 0.1) is 0 Å². The highest BCUT2D eigenvalue weighted by molar-refractivity contribution is 5.62. The van der Waals surface area contributed by atoms with Crippen molar-refractivity contribution in [3.05, 3.63) is 71.6 Å². The molecule has 8 nitrogen and oxygen atoms in total. The summed E-state index contributed by atoms with van der Waals surface area (Å²) >= 11 is 0. The van der Waals surface area contributed by atoms with Crippen molar-refractivity contribution in [3.63, 3.8) is 0 Å². The third-order valence-electron chi connectivity index (χ3n) is 3.47. The summed E-state index contributed by atoms with van der Waals surface area (Å²) < 4.78 is 0. The fraction of sp³-hybridized carbons (Fsp3) is 0.111. The van der Waals surface area contributed by atoms with Crippen molar-refractivity contribution in [3.8, 4) is 12.1 Å². The van der Waals surface area contributed by atoms with E-state index in [0.29, 0.717) is 24.7 Å². The molecule has 0 atom stereocenters. The zero-order valence-corrected chi connectivity index (χ0v) is 13.7. The van der Waals surface area contributed by atoms with Gasteiger partial charge >= 0.3 is 0 Å². The van der Waals surface area contributed by atoms with Crippen molar-refractivity contribution in [2.24, 2.45) is 0 Å². The van der Waals surface area contributed by atoms with Gasteiger partial charge in [-0.15, -0.1) is 0 Å². The number of anilines is 2. The normalized spacial score (nSPS) is 9.77. The first-order chi connectivity index (χ1) is 12.8. The van der Waals surface area contributed by atoms with Crippen molar-refractivity contribution in [1.29, 1.82) is 10.5 Å². The Bertz CT molecular complexity index is 878. The molecule has 3 aromatic heterocycles. The molecular weight excluding hydrogens is 328 g/mol. The predicted molar refractivity (Wildman–Crippen MR) is 94.6 cm³/mol. The molecule has 126 valence electrons. The van der Waals surface area contributed by atoms with E-state index in [2.05, 4.69) is 30.6 Å². The van der Waals surface area contributed by atoms with E-state index in [1.165, 1.54) is 0 Å². The standard InChI is InChI=1S/C18H14N8/c19-7-15-16(8-20)26-18(24-12-14-4-2-6-22-10-14)17(25-15)23-11-13-3-1-5-21-9-13/h1-6,9-10H,11-12H2,(H,23,25)(H,24,26). The first-order valence-corrected chi connectivity index (χ1v) is 7.78. The lowest BCUT2D eigenvalue weighted by Crippen LogP contribution is -2.11. The largest absolute Gasteiger partial charge is 0.363 e. The zero-order valence-electron chi connectivity index (χ0n) is 13.7. The van der Waals surface area contributed by atoms with Crippen LogP contribution in [0.25, 0.3) is 0 Å². The molecule has 3 aromatic rings. The van der Waals surface area contributed by atoms with E-state index < -0.39 is 0 Å². The molecule has 0 unspecified atom stereocenters. The van der Waals surface area contributed by atoms with Gasteiger partial charge in [-0.3, -0.25) is 9.97 Å². The maximum atomic E-state index is 9.19. The summed E-state index contributed by atoms with van der Waals surface area (Å²) in [5.74, 6) is 0.793. The number of pyridine rings is 2. The molecule has 0 fully saturated rings. The van der Waals surface area contributed by atoms with E-state index in [1.807, 2.05) is 36.4 Å². The van der Waals surface area contributed by atoms with Crippen LogP contribution in [0.15, 0.2) is 49.1 Å². The number of hydrogen-bond acceptors (Lipinski definition) is 8. The summed E-state index contributed by atoms with van der Waals surface area (Å²) in [4.78, 5) is 16.6. The first-order valence-electron chi connectivity index (χ1n) is 7.78. The molecule has 8 heteroatoms. The van der Waals surface area contributed by atoms with Gasteiger partial charge in [-0.1, -0.05) is 12.1 Å². The van der Waals surface area contributed by atoms with Crippen LogP contribution in [0.1, 0.15) is 22.5 Å². The van der Waals surface area contributed by atoms with Crippen LogP contribution in [0.4, 0.5) is 11.6 Å². The average molecular weight is 342 g/mol. The van der Waals surface area contributed by atoms with Gasteiger partial charge in [0.1, 0.15) is 12.1 Å². The lowest BCUT2D eigenvalue weighted by molar-refractivity contribution is 1.02. The molecule has 0 saturated heterocycles. The molecular formula is C18H14N8. The first kappa shape index (κ1) is 16.8. The minimum atomic E-state index is -0.0203. The lowest BCUT2D eigenvalue weighted by Gasteiger charge is -2.13. The minimum Gasteiger partial charge on any atom is -0.363 e. The predicted octanol–water partition coefficient (Wildman–Crippen LogP) is 2.23. The number of aromatic nitrogens is 4. The minimum absolute atomic E-state index is 0.0203. The van der Waals surface area contributed by atoms with Gasteiger partial charge in [-0.25, -0.2) is 9.97 Å². The molecule has 0 bridgehead atoms. The van der Waals surface area contributed by atoms with E-state index in [9.17, 15) is 10.5 Å². The van der Waals surface area contributed by atoms with Crippen LogP contribution in [-0.4, -0.2) is 19.9 Å². The molecule has 2 N–H and O–H groups in total. The van der Waals surface area contributed by atoms with Crippen molar-refractivity contribution in [2.45, 2.75) is 13.1 Å². The molecule has 0 aliphatic rings. The Labute approximate surface area is 150 Å². The number of nitrogens with one attached hydrogen (secondary N) is 2. The average Bonchev–Trinajstić information content (AvgIpc) is 2.72. The highest BCUT2D eigenvalue weighted by Crippen LogP contribution is 2.20. The van der Waals surface area contributed by atoms with E-state index in [-0.39, 0.29) is 11.4 Å². The Morgan fingerprint density at radius 2 is 1.23 bits per heavy atom. The zero-order chi connectivity index (χ0) is 18.2. The number of hydrogen-bond donors (Lipinski definition) is 2. The SMILES string of the molecule is N#Cc1nc(NCc2cccnc2)c(NCc2cccnc2)nc1C#N. The van der Waals surface area contributed by atoms with Crippen molar-refractivity contribution in [1.82, 2.24) is 19.9 Å². The molecule has 0 amide bonds. The van der Waals surface area contributed by atoms with Crippen LogP contribution < -0.4 is 10.6 Å². The van der Waals surface area contributed by atoms with Gasteiger partial charge in [0, 0.05) is 37.9 Å². The highest BCUT2D eigenvalue weighted by atomic mass is 15.1. The lowest BCUT2D eigenvalue weighted by atomic mass is 10.2. The molecule has 0 radical (unpaired) electrons. The second-order valence-electron chi connectivity index (χ2n) is 5.27. The number of rotatable bonds is 6. The van der Waals surface area contributed by atoms with E-state index in [1.54, 1.807) is 24.8 Å². The van der Waals surface area contributed by atoms with Crippen LogP contribution in [-0.2, 0) is 13.1 Å². The summed E-state index contributed by atoms with van der Waals surface area (Å²) in [6.07, 6.45) is 6.86. The molecule has 0 aromatic carbocycles. The second kappa shape index (κ2) is 8.18. The summed E-state index contributed by atoms with van der Waals surface area (Å²) in [7, 11) is 0. The molecule has 0 saturated carbocycles. The number of nitriles is 2. The van der Waals surface area contributed by atoms with E-state index >= 15 is 0 Å². The van der Waals surface area contributed by atoms with E-state index in [4.69, 9.17) is 0 Å². The quantitative estimate of drug-likeness (QED) is 0.699. The smallest absolute Gasteiger partial charge is 0.179 e. The van der Waals surface area contributed by atoms with Crippen LogP contribution >= 0.6 is 0 Å². The van der Waals surface area contributed by atoms with Crippen molar-refractivity contribution in [2.75, 3.05) is 10.6 Å². The summed E-state index contributed by atoms with van der Waals surface area (Å²) in [6.45, 7) is 0.918. The van der Waals surface area contributed by atoms with Gasteiger partial charge in [0.2, 0.25) is 0 Å². The van der Waals surface area contributed by atoms with Crippen molar-refractivity contribution >= 4 is 11.6 Å².